The van der Waals surface area contributed by atoms with Crippen molar-refractivity contribution in [3.8, 4) is 11.5 Å². The SMILES string of the molecule is Cc1c(CC(=O)NCc2ccncc2)c(=O)oc2cc(O)cc(O)c12. The van der Waals surface area contributed by atoms with Gasteiger partial charge < -0.3 is 19.9 Å². The summed E-state index contributed by atoms with van der Waals surface area (Å²) in [5.74, 6) is -0.769. The number of carbonyl (C=O) groups excluding carboxylic acids is 1. The van der Waals surface area contributed by atoms with E-state index < -0.39 is 5.63 Å². The topological polar surface area (TPSA) is 113 Å². The van der Waals surface area contributed by atoms with Gasteiger partial charge in [0.05, 0.1) is 17.4 Å². The molecule has 3 aromatic rings. The van der Waals surface area contributed by atoms with Gasteiger partial charge in [-0.3, -0.25) is 9.78 Å². The number of hydrogen-bond acceptors (Lipinski definition) is 6. The number of carbonyl (C=O) groups is 1. The summed E-state index contributed by atoms with van der Waals surface area (Å²) in [6.45, 7) is 1.94. The molecule has 0 unspecified atom stereocenters. The van der Waals surface area contributed by atoms with E-state index in [-0.39, 0.29) is 35.0 Å². The first-order valence-corrected chi connectivity index (χ1v) is 7.59. The van der Waals surface area contributed by atoms with E-state index in [0.717, 1.165) is 11.6 Å². The van der Waals surface area contributed by atoms with Gasteiger partial charge >= 0.3 is 5.63 Å². The number of aromatic nitrogens is 1. The molecule has 0 atom stereocenters. The molecule has 0 aliphatic heterocycles. The summed E-state index contributed by atoms with van der Waals surface area (Å²) in [4.78, 5) is 28.2. The highest BCUT2D eigenvalue weighted by molar-refractivity contribution is 5.89. The average molecular weight is 340 g/mol. The third-order valence-electron chi connectivity index (χ3n) is 3.92. The van der Waals surface area contributed by atoms with Gasteiger partial charge in [0, 0.05) is 31.1 Å². The van der Waals surface area contributed by atoms with Crippen LogP contribution in [0.3, 0.4) is 0 Å². The number of phenolic OH excluding ortho intramolecular Hbond substituents is 2. The number of nitrogens with zero attached hydrogens (tertiary/aromatic N) is 1. The number of hydrogen-bond donors (Lipinski definition) is 3. The number of phenols is 2. The Morgan fingerprint density at radius 2 is 1.96 bits per heavy atom. The highest BCUT2D eigenvalue weighted by Gasteiger charge is 2.17. The number of aryl methyl sites for hydroxylation is 1. The molecule has 3 N–H and O–H groups in total. The van der Waals surface area contributed by atoms with E-state index in [1.165, 1.54) is 6.07 Å². The molecule has 0 spiro atoms. The second-order valence-electron chi connectivity index (χ2n) is 5.64. The number of nitrogens with one attached hydrogen (secondary N) is 1. The highest BCUT2D eigenvalue weighted by Crippen LogP contribution is 2.32. The van der Waals surface area contributed by atoms with Gasteiger partial charge in [0.2, 0.25) is 5.91 Å². The number of amides is 1. The molecule has 0 aliphatic carbocycles. The van der Waals surface area contributed by atoms with Gasteiger partial charge in [-0.1, -0.05) is 0 Å². The second kappa shape index (κ2) is 6.64. The normalized spacial score (nSPS) is 10.8. The lowest BCUT2D eigenvalue weighted by molar-refractivity contribution is -0.120. The lowest BCUT2D eigenvalue weighted by Crippen LogP contribution is -2.27. The Labute approximate surface area is 142 Å². The summed E-state index contributed by atoms with van der Waals surface area (Å²) >= 11 is 0. The van der Waals surface area contributed by atoms with E-state index in [1.54, 1.807) is 31.5 Å². The van der Waals surface area contributed by atoms with Gasteiger partial charge in [-0.25, -0.2) is 4.79 Å². The molecular formula is C18H16N2O5. The molecule has 1 aromatic carbocycles. The third kappa shape index (κ3) is 3.45. The Morgan fingerprint density at radius 1 is 1.24 bits per heavy atom. The van der Waals surface area contributed by atoms with E-state index >= 15 is 0 Å². The zero-order valence-electron chi connectivity index (χ0n) is 13.4. The number of fused-ring (bicyclic) bond motifs is 1. The average Bonchev–Trinajstić information content (AvgIpc) is 2.57. The van der Waals surface area contributed by atoms with E-state index in [9.17, 15) is 19.8 Å². The molecule has 0 aliphatic rings. The first-order valence-electron chi connectivity index (χ1n) is 7.59. The molecule has 7 nitrogen and oxygen atoms in total. The van der Waals surface area contributed by atoms with Crippen LogP contribution >= 0.6 is 0 Å². The Morgan fingerprint density at radius 3 is 2.68 bits per heavy atom. The fraction of sp³-hybridized carbons (Fsp3) is 0.167. The van der Waals surface area contributed by atoms with E-state index in [4.69, 9.17) is 4.42 Å². The first kappa shape index (κ1) is 16.5. The summed E-state index contributed by atoms with van der Waals surface area (Å²) in [7, 11) is 0. The van der Waals surface area contributed by atoms with Crippen LogP contribution < -0.4 is 10.9 Å². The zero-order valence-corrected chi connectivity index (χ0v) is 13.4. The maximum atomic E-state index is 12.2. The van der Waals surface area contributed by atoms with Gasteiger partial charge in [0.25, 0.3) is 0 Å². The highest BCUT2D eigenvalue weighted by atomic mass is 16.4. The van der Waals surface area contributed by atoms with Gasteiger partial charge in [-0.15, -0.1) is 0 Å². The van der Waals surface area contributed by atoms with E-state index in [2.05, 4.69) is 10.3 Å². The minimum absolute atomic E-state index is 0.0703. The van der Waals surface area contributed by atoms with Crippen molar-refractivity contribution in [2.75, 3.05) is 0 Å². The number of benzene rings is 1. The number of pyridine rings is 1. The molecule has 2 aromatic heterocycles. The molecule has 3 rings (SSSR count). The molecular weight excluding hydrogens is 324 g/mol. The maximum absolute atomic E-state index is 12.2. The fourth-order valence-electron chi connectivity index (χ4n) is 2.64. The number of rotatable bonds is 4. The third-order valence-corrected chi connectivity index (χ3v) is 3.92. The molecule has 0 radical (unpaired) electrons. The Kier molecular flexibility index (Phi) is 4.38. The van der Waals surface area contributed by atoms with Crippen LogP contribution in [0.5, 0.6) is 11.5 Å². The molecule has 7 heteroatoms. The van der Waals surface area contributed by atoms with Crippen molar-refractivity contribution in [1.29, 1.82) is 0 Å². The molecule has 128 valence electrons. The van der Waals surface area contributed by atoms with Crippen LogP contribution in [-0.2, 0) is 17.8 Å². The summed E-state index contributed by atoms with van der Waals surface area (Å²) in [5.41, 5.74) is 0.900. The predicted molar refractivity (Wildman–Crippen MR) is 90.3 cm³/mol. The standard InChI is InChI=1S/C18H16N2O5/c1-10-13(8-16(23)20-9-11-2-4-19-5-3-11)18(24)25-15-7-12(21)6-14(22)17(10)15/h2-7,21-22H,8-9H2,1H3,(H,20,23). The Balaban J connectivity index is 1.86. The van der Waals surface area contributed by atoms with Crippen molar-refractivity contribution in [2.45, 2.75) is 19.9 Å². The first-order chi connectivity index (χ1) is 12.0. The van der Waals surface area contributed by atoms with Crippen molar-refractivity contribution >= 4 is 16.9 Å². The molecule has 2 heterocycles. The van der Waals surface area contributed by atoms with Crippen LogP contribution in [0, 0.1) is 6.92 Å². The smallest absolute Gasteiger partial charge is 0.340 e. The Bertz CT molecular complexity index is 996. The van der Waals surface area contributed by atoms with E-state index in [1.807, 2.05) is 0 Å². The van der Waals surface area contributed by atoms with Crippen molar-refractivity contribution in [3.05, 3.63) is 63.8 Å². The van der Waals surface area contributed by atoms with Crippen LogP contribution in [0.25, 0.3) is 11.0 Å². The van der Waals surface area contributed by atoms with Gasteiger partial charge in [0.1, 0.15) is 17.1 Å². The largest absolute Gasteiger partial charge is 0.508 e. The predicted octanol–water partition coefficient (Wildman–Crippen LogP) is 1.77. The van der Waals surface area contributed by atoms with Crippen LogP contribution in [0.1, 0.15) is 16.7 Å². The monoisotopic (exact) mass is 340 g/mol. The molecule has 1 amide bonds. The molecule has 0 saturated heterocycles. The summed E-state index contributed by atoms with van der Waals surface area (Å²) in [5, 5.41) is 22.5. The maximum Gasteiger partial charge on any atom is 0.340 e. The zero-order chi connectivity index (χ0) is 18.0. The van der Waals surface area contributed by atoms with Crippen molar-refractivity contribution < 1.29 is 19.4 Å². The minimum Gasteiger partial charge on any atom is -0.508 e. The summed E-state index contributed by atoms with van der Waals surface area (Å²) in [6, 6.07) is 5.96. The minimum atomic E-state index is -0.672. The lowest BCUT2D eigenvalue weighted by atomic mass is 10.0. The van der Waals surface area contributed by atoms with Gasteiger partial charge in [-0.05, 0) is 30.2 Å². The summed E-state index contributed by atoms with van der Waals surface area (Å²) in [6.07, 6.45) is 3.08. The summed E-state index contributed by atoms with van der Waals surface area (Å²) < 4.78 is 5.14. The van der Waals surface area contributed by atoms with Crippen LogP contribution in [-0.4, -0.2) is 21.1 Å². The van der Waals surface area contributed by atoms with E-state index in [0.29, 0.717) is 17.5 Å². The van der Waals surface area contributed by atoms with Gasteiger partial charge in [0.15, 0.2) is 0 Å². The second-order valence-corrected chi connectivity index (χ2v) is 5.64. The van der Waals surface area contributed by atoms with Gasteiger partial charge in [-0.2, -0.15) is 0 Å². The number of aromatic hydroxyl groups is 2. The molecule has 0 bridgehead atoms. The van der Waals surface area contributed by atoms with Crippen LogP contribution in [0.4, 0.5) is 0 Å². The van der Waals surface area contributed by atoms with Crippen molar-refractivity contribution in [3.63, 3.8) is 0 Å². The Hall–Kier alpha value is -3.35. The van der Waals surface area contributed by atoms with Crippen LogP contribution in [0.2, 0.25) is 0 Å². The van der Waals surface area contributed by atoms with Crippen molar-refractivity contribution in [1.82, 2.24) is 10.3 Å². The van der Waals surface area contributed by atoms with Crippen molar-refractivity contribution in [2.24, 2.45) is 0 Å². The molecule has 0 saturated carbocycles. The quantitative estimate of drug-likeness (QED) is 0.624. The van der Waals surface area contributed by atoms with Crippen LogP contribution in [0.15, 0.2) is 45.9 Å². The molecule has 25 heavy (non-hydrogen) atoms. The molecule has 0 fully saturated rings. The fourth-order valence-corrected chi connectivity index (χ4v) is 2.64. The lowest BCUT2D eigenvalue weighted by Gasteiger charge is -2.10.